The van der Waals surface area contributed by atoms with Crippen LogP contribution < -0.4 is 5.32 Å². The molecule has 0 bridgehead atoms. The molecule has 2 atom stereocenters. The molecule has 1 N–H and O–H groups in total. The molecule has 3 fully saturated rings. The van der Waals surface area contributed by atoms with Gasteiger partial charge in [-0.05, 0) is 32.2 Å². The Morgan fingerprint density at radius 3 is 2.93 bits per heavy atom. The third kappa shape index (κ3) is 1.31. The molecule has 3 saturated heterocycles. The highest BCUT2D eigenvalue weighted by Gasteiger charge is 2.50. The van der Waals surface area contributed by atoms with Crippen molar-refractivity contribution in [2.75, 3.05) is 13.1 Å². The van der Waals surface area contributed by atoms with Crippen LogP contribution in [-0.4, -0.2) is 41.3 Å². The van der Waals surface area contributed by atoms with Crippen LogP contribution in [-0.2, 0) is 9.59 Å². The van der Waals surface area contributed by atoms with Gasteiger partial charge >= 0.3 is 0 Å². The maximum absolute atomic E-state index is 11.8. The SMILES string of the molecule is O=C1CC(=O)C2(CCN3CCCC3C2)N1. The van der Waals surface area contributed by atoms with E-state index in [1.807, 2.05) is 0 Å². The van der Waals surface area contributed by atoms with Crippen LogP contribution in [0.4, 0.5) is 0 Å². The van der Waals surface area contributed by atoms with E-state index < -0.39 is 5.54 Å². The van der Waals surface area contributed by atoms with Crippen LogP contribution in [0.3, 0.4) is 0 Å². The standard InChI is InChI=1S/C11H16N2O2/c14-9-6-10(15)12-11(9)3-5-13-4-1-2-8(13)7-11/h8H,1-7H2,(H,12,15). The number of Topliss-reactive ketones (excluding diaryl/α,β-unsaturated/α-hetero) is 1. The van der Waals surface area contributed by atoms with Crippen molar-refractivity contribution in [3.63, 3.8) is 0 Å². The van der Waals surface area contributed by atoms with Gasteiger partial charge in [0.15, 0.2) is 5.78 Å². The maximum atomic E-state index is 11.8. The van der Waals surface area contributed by atoms with E-state index in [1.54, 1.807) is 0 Å². The van der Waals surface area contributed by atoms with Gasteiger partial charge in [0.25, 0.3) is 0 Å². The summed E-state index contributed by atoms with van der Waals surface area (Å²) < 4.78 is 0. The number of carbonyl (C=O) groups is 2. The van der Waals surface area contributed by atoms with E-state index in [4.69, 9.17) is 0 Å². The lowest BCUT2D eigenvalue weighted by molar-refractivity contribution is -0.124. The summed E-state index contributed by atoms with van der Waals surface area (Å²) in [4.78, 5) is 25.6. The molecular weight excluding hydrogens is 192 g/mol. The summed E-state index contributed by atoms with van der Waals surface area (Å²) in [7, 11) is 0. The van der Waals surface area contributed by atoms with E-state index in [9.17, 15) is 9.59 Å². The van der Waals surface area contributed by atoms with Gasteiger partial charge in [0.1, 0.15) is 5.54 Å². The maximum Gasteiger partial charge on any atom is 0.228 e. The summed E-state index contributed by atoms with van der Waals surface area (Å²) in [6.45, 7) is 2.14. The third-order valence-electron chi connectivity index (χ3n) is 4.14. The van der Waals surface area contributed by atoms with Gasteiger partial charge < -0.3 is 10.2 Å². The van der Waals surface area contributed by atoms with Gasteiger partial charge in [-0.2, -0.15) is 0 Å². The normalized spacial score (nSPS) is 40.9. The van der Waals surface area contributed by atoms with Crippen LogP contribution in [0.25, 0.3) is 0 Å². The lowest BCUT2D eigenvalue weighted by atomic mass is 9.81. The van der Waals surface area contributed by atoms with E-state index in [1.165, 1.54) is 19.4 Å². The minimum Gasteiger partial charge on any atom is -0.343 e. The second kappa shape index (κ2) is 3.04. The van der Waals surface area contributed by atoms with Crippen LogP contribution in [0.2, 0.25) is 0 Å². The highest BCUT2D eigenvalue weighted by Crippen LogP contribution is 2.36. The fourth-order valence-corrected chi connectivity index (χ4v) is 3.32. The highest BCUT2D eigenvalue weighted by atomic mass is 16.2. The molecule has 3 aliphatic heterocycles. The van der Waals surface area contributed by atoms with Crippen molar-refractivity contribution < 1.29 is 9.59 Å². The van der Waals surface area contributed by atoms with E-state index in [0.717, 1.165) is 19.4 Å². The fraction of sp³-hybridized carbons (Fsp3) is 0.818. The van der Waals surface area contributed by atoms with Gasteiger partial charge in [0.05, 0.1) is 6.42 Å². The quantitative estimate of drug-likeness (QED) is 0.573. The minimum absolute atomic E-state index is 0.0774. The summed E-state index contributed by atoms with van der Waals surface area (Å²) >= 11 is 0. The Morgan fingerprint density at radius 2 is 2.20 bits per heavy atom. The molecule has 0 radical (unpaired) electrons. The number of hydrogen-bond donors (Lipinski definition) is 1. The van der Waals surface area contributed by atoms with Gasteiger partial charge in [-0.1, -0.05) is 0 Å². The smallest absolute Gasteiger partial charge is 0.228 e. The van der Waals surface area contributed by atoms with Crippen LogP contribution in [0.1, 0.15) is 32.1 Å². The predicted octanol–water partition coefficient (Wildman–Crippen LogP) is 0.0724. The lowest BCUT2D eigenvalue weighted by Crippen LogP contribution is -2.56. The molecule has 3 aliphatic rings. The molecule has 0 aliphatic carbocycles. The first-order chi connectivity index (χ1) is 7.20. The molecule has 2 unspecified atom stereocenters. The van der Waals surface area contributed by atoms with E-state index >= 15 is 0 Å². The Bertz CT molecular complexity index is 329. The summed E-state index contributed by atoms with van der Waals surface area (Å²) in [6.07, 6.45) is 4.19. The molecule has 3 rings (SSSR count). The van der Waals surface area contributed by atoms with E-state index in [-0.39, 0.29) is 18.1 Å². The summed E-state index contributed by atoms with van der Waals surface area (Å²) in [5.74, 6) is 0.0468. The number of fused-ring (bicyclic) bond motifs is 1. The first-order valence-electron chi connectivity index (χ1n) is 5.78. The second-order valence-corrected chi connectivity index (χ2v) is 5.02. The van der Waals surface area contributed by atoms with Gasteiger partial charge in [0, 0.05) is 12.6 Å². The van der Waals surface area contributed by atoms with E-state index in [0.29, 0.717) is 6.04 Å². The number of nitrogens with zero attached hydrogens (tertiary/aromatic N) is 1. The second-order valence-electron chi connectivity index (χ2n) is 5.02. The highest BCUT2D eigenvalue weighted by molar-refractivity contribution is 6.10. The molecule has 0 aromatic heterocycles. The molecule has 4 nitrogen and oxygen atoms in total. The lowest BCUT2D eigenvalue weighted by Gasteiger charge is -2.40. The van der Waals surface area contributed by atoms with Gasteiger partial charge in [-0.25, -0.2) is 0 Å². The number of ketones is 1. The number of piperidine rings is 1. The molecule has 15 heavy (non-hydrogen) atoms. The van der Waals surface area contributed by atoms with E-state index in [2.05, 4.69) is 10.2 Å². The van der Waals surface area contributed by atoms with Crippen molar-refractivity contribution in [2.45, 2.75) is 43.7 Å². The third-order valence-corrected chi connectivity index (χ3v) is 4.14. The van der Waals surface area contributed by atoms with Crippen molar-refractivity contribution in [3.05, 3.63) is 0 Å². The van der Waals surface area contributed by atoms with Gasteiger partial charge in [-0.3, -0.25) is 9.59 Å². The first kappa shape index (κ1) is 9.33. The zero-order valence-corrected chi connectivity index (χ0v) is 8.79. The Balaban J connectivity index is 1.83. The van der Waals surface area contributed by atoms with Crippen LogP contribution in [0.5, 0.6) is 0 Å². The first-order valence-corrected chi connectivity index (χ1v) is 5.78. The molecule has 0 aromatic carbocycles. The Labute approximate surface area is 89.0 Å². The number of nitrogens with one attached hydrogen (secondary N) is 1. The summed E-state index contributed by atoms with van der Waals surface area (Å²) in [6, 6.07) is 0.529. The Morgan fingerprint density at radius 1 is 1.33 bits per heavy atom. The molecule has 1 spiro atoms. The molecule has 4 heteroatoms. The van der Waals surface area contributed by atoms with Gasteiger partial charge in [-0.15, -0.1) is 0 Å². The molecule has 0 saturated carbocycles. The molecular formula is C11H16N2O2. The average molecular weight is 208 g/mol. The van der Waals surface area contributed by atoms with Crippen LogP contribution in [0.15, 0.2) is 0 Å². The van der Waals surface area contributed by atoms with Crippen molar-refractivity contribution in [1.29, 1.82) is 0 Å². The van der Waals surface area contributed by atoms with Crippen LogP contribution in [0, 0.1) is 0 Å². The van der Waals surface area contributed by atoms with Crippen molar-refractivity contribution >= 4 is 11.7 Å². The minimum atomic E-state index is -0.484. The number of amides is 1. The summed E-state index contributed by atoms with van der Waals surface area (Å²) in [5, 5.41) is 2.92. The predicted molar refractivity (Wildman–Crippen MR) is 54.3 cm³/mol. The Hall–Kier alpha value is -0.900. The zero-order chi connectivity index (χ0) is 10.5. The van der Waals surface area contributed by atoms with Crippen molar-refractivity contribution in [3.8, 4) is 0 Å². The topological polar surface area (TPSA) is 49.4 Å². The van der Waals surface area contributed by atoms with Gasteiger partial charge in [0.2, 0.25) is 5.91 Å². The van der Waals surface area contributed by atoms with Crippen molar-refractivity contribution in [1.82, 2.24) is 10.2 Å². The molecule has 82 valence electrons. The summed E-state index contributed by atoms with van der Waals surface area (Å²) in [5.41, 5.74) is -0.484. The number of hydrogen-bond acceptors (Lipinski definition) is 3. The molecule has 1 amide bonds. The largest absolute Gasteiger partial charge is 0.343 e. The monoisotopic (exact) mass is 208 g/mol. The number of carbonyl (C=O) groups excluding carboxylic acids is 2. The van der Waals surface area contributed by atoms with Crippen molar-refractivity contribution in [2.24, 2.45) is 0 Å². The molecule has 3 heterocycles. The average Bonchev–Trinajstić information content (AvgIpc) is 2.72. The number of rotatable bonds is 0. The Kier molecular flexibility index (Phi) is 1.89. The van der Waals surface area contributed by atoms with Crippen LogP contribution >= 0.6 is 0 Å². The fourth-order valence-electron chi connectivity index (χ4n) is 3.32. The molecule has 0 aromatic rings. The zero-order valence-electron chi connectivity index (χ0n) is 8.79.